The summed E-state index contributed by atoms with van der Waals surface area (Å²) < 4.78 is 27.1. The second-order valence-corrected chi connectivity index (χ2v) is 19.0. The van der Waals surface area contributed by atoms with Crippen LogP contribution in [0.15, 0.2) is 66.0 Å². The number of fused-ring (bicyclic) bond motifs is 1. The van der Waals surface area contributed by atoms with Gasteiger partial charge in [0.15, 0.2) is 5.78 Å². The number of rotatable bonds is 20. The van der Waals surface area contributed by atoms with Gasteiger partial charge in [0, 0.05) is 114 Å². The number of ketones is 1. The molecule has 3 aliphatic heterocycles. The molecule has 19 nitrogen and oxygen atoms in total. The number of hydrogen-bond donors (Lipinski definition) is 3. The van der Waals surface area contributed by atoms with Crippen LogP contribution in [0.5, 0.6) is 0 Å². The molecule has 1 atom stereocenters. The third kappa shape index (κ3) is 12.8. The van der Waals surface area contributed by atoms with Gasteiger partial charge < -0.3 is 40.1 Å². The van der Waals surface area contributed by atoms with E-state index in [4.69, 9.17) is 14.5 Å². The number of nitrogens with one attached hydrogen (secondary N) is 3. The number of carbonyl (C=O) groups is 2. The first-order valence-corrected chi connectivity index (χ1v) is 25.3. The summed E-state index contributed by atoms with van der Waals surface area (Å²) in [5.74, 6) is 2.16. The van der Waals surface area contributed by atoms with Crippen LogP contribution in [0.1, 0.15) is 67.4 Å². The summed E-state index contributed by atoms with van der Waals surface area (Å²) in [5.41, 5.74) is 2.97. The van der Waals surface area contributed by atoms with Crippen LogP contribution in [0, 0.1) is 12.7 Å². The number of ether oxygens (including phenoxy) is 2. The van der Waals surface area contributed by atoms with Gasteiger partial charge in [-0.05, 0) is 75.4 Å². The fourth-order valence-corrected chi connectivity index (χ4v) is 10.3. The first-order chi connectivity index (χ1) is 34.6. The summed E-state index contributed by atoms with van der Waals surface area (Å²) >= 11 is 0. The van der Waals surface area contributed by atoms with Crippen molar-refractivity contribution >= 4 is 57.5 Å². The number of halogens is 1. The zero-order valence-electron chi connectivity index (χ0n) is 41.0. The predicted molar refractivity (Wildman–Crippen MR) is 273 cm³/mol. The first-order valence-electron chi connectivity index (χ1n) is 25.3. The molecule has 4 aromatic heterocycles. The van der Waals surface area contributed by atoms with Crippen molar-refractivity contribution in [2.24, 2.45) is 0 Å². The largest absolute Gasteiger partial charge is 0.378 e. The molecule has 4 fully saturated rings. The SMILES string of the molecule is CC(=O)c1c(C)c2cnc(Nc3ccc(N4CCN(CC(=O)NCCOCCOCCN5CCN(c6cc(N[C@@H]7CCCN(c8cccc(F)c8)C7)ncn6)CC5)CC4)cn3)nc2n(C2CCCC2)c1=O. The molecule has 3 N–H and O–H groups in total. The third-order valence-electron chi connectivity index (χ3n) is 14.1. The number of nitrogens with zero attached hydrogens (tertiary/aromatic N) is 11. The Morgan fingerprint density at radius 3 is 2.30 bits per heavy atom. The van der Waals surface area contributed by atoms with Crippen LogP contribution in [0.2, 0.25) is 0 Å². The van der Waals surface area contributed by atoms with Crippen molar-refractivity contribution in [1.82, 2.24) is 44.6 Å². The molecular formula is C51H67FN14O5. The molecule has 7 heterocycles. The number of hydrogen-bond acceptors (Lipinski definition) is 17. The Labute approximate surface area is 414 Å². The maximum Gasteiger partial charge on any atom is 0.263 e. The normalized spacial score (nSPS) is 18.3. The number of piperidine rings is 1. The van der Waals surface area contributed by atoms with E-state index in [0.29, 0.717) is 67.9 Å². The third-order valence-corrected chi connectivity index (χ3v) is 14.1. The number of pyridine rings is 2. The van der Waals surface area contributed by atoms with Crippen molar-refractivity contribution in [3.05, 3.63) is 88.5 Å². The highest BCUT2D eigenvalue weighted by atomic mass is 19.1. The van der Waals surface area contributed by atoms with E-state index in [1.807, 2.05) is 30.5 Å². The molecule has 1 saturated carbocycles. The van der Waals surface area contributed by atoms with E-state index in [2.05, 4.69) is 60.4 Å². The molecule has 0 unspecified atom stereocenters. The Morgan fingerprint density at radius 2 is 1.54 bits per heavy atom. The minimum Gasteiger partial charge on any atom is -0.378 e. The van der Waals surface area contributed by atoms with Gasteiger partial charge in [-0.15, -0.1) is 0 Å². The van der Waals surface area contributed by atoms with E-state index in [1.54, 1.807) is 36.1 Å². The lowest BCUT2D eigenvalue weighted by Crippen LogP contribution is -2.49. The van der Waals surface area contributed by atoms with Gasteiger partial charge >= 0.3 is 0 Å². The van der Waals surface area contributed by atoms with Gasteiger partial charge in [0.1, 0.15) is 35.2 Å². The smallest absolute Gasteiger partial charge is 0.263 e. The van der Waals surface area contributed by atoms with Gasteiger partial charge in [0.25, 0.3) is 5.56 Å². The van der Waals surface area contributed by atoms with Gasteiger partial charge in [-0.3, -0.25) is 28.8 Å². The Bertz CT molecular complexity index is 2650. The fourth-order valence-electron chi connectivity index (χ4n) is 10.3. The van der Waals surface area contributed by atoms with Crippen molar-refractivity contribution in [2.75, 3.05) is 137 Å². The number of carbonyl (C=O) groups excluding carboxylic acids is 2. The molecule has 0 radical (unpaired) electrons. The number of benzene rings is 1. The molecule has 20 heteroatoms. The minimum absolute atomic E-state index is 0.00222. The van der Waals surface area contributed by atoms with Gasteiger partial charge in [0.2, 0.25) is 11.9 Å². The van der Waals surface area contributed by atoms with Crippen molar-refractivity contribution in [3.63, 3.8) is 0 Å². The van der Waals surface area contributed by atoms with Crippen molar-refractivity contribution in [3.8, 4) is 0 Å². The summed E-state index contributed by atoms with van der Waals surface area (Å²) in [6.07, 6.45) is 11.0. The molecule has 0 spiro atoms. The number of aryl methyl sites for hydroxylation is 1. The highest BCUT2D eigenvalue weighted by Crippen LogP contribution is 2.32. The second kappa shape index (κ2) is 23.7. The standard InChI is InChI=1S/C51H67FN14O5/c1-36-43-32-55-51(60-49(43)66(40-9-3-4-10-40)50(69)48(36)37(2)67)59-44-13-12-42(31-54-44)63-20-18-62(19-21-63)34-47(68)53-14-25-70-27-28-71-26-24-61-16-22-64(23-17-61)46-30-45(56-35-57-46)58-39-8-6-15-65(33-39)41-11-5-7-38(52)29-41/h5,7,11-13,29-32,35,39-40H,3-4,6,8-10,14-28,33-34H2,1-2H3,(H,53,68)(H,56,57,58)(H,54,55,59,60)/t39-/m1/s1. The Morgan fingerprint density at radius 1 is 0.761 bits per heavy atom. The van der Waals surface area contributed by atoms with E-state index in [1.165, 1.54) is 13.0 Å². The number of piperazine rings is 2. The maximum absolute atomic E-state index is 13.8. The molecule has 3 saturated heterocycles. The number of Topliss-reactive ketones (excluding diaryl/α,β-unsaturated/α-hetero) is 1. The summed E-state index contributed by atoms with van der Waals surface area (Å²) in [4.78, 5) is 73.1. The number of aromatic nitrogens is 6. The van der Waals surface area contributed by atoms with Crippen molar-refractivity contribution < 1.29 is 23.5 Å². The molecule has 9 rings (SSSR count). The van der Waals surface area contributed by atoms with Crippen LogP contribution in [-0.4, -0.2) is 169 Å². The van der Waals surface area contributed by atoms with Crippen LogP contribution < -0.4 is 36.2 Å². The van der Waals surface area contributed by atoms with Gasteiger partial charge in [0.05, 0.1) is 50.4 Å². The lowest BCUT2D eigenvalue weighted by molar-refractivity contribution is -0.122. The quantitative estimate of drug-likeness (QED) is 0.0721. The van der Waals surface area contributed by atoms with Crippen LogP contribution >= 0.6 is 0 Å². The van der Waals surface area contributed by atoms with Crippen molar-refractivity contribution in [1.29, 1.82) is 0 Å². The summed E-state index contributed by atoms with van der Waals surface area (Å²) in [7, 11) is 0. The molecule has 1 amide bonds. The van der Waals surface area contributed by atoms with Gasteiger partial charge in [-0.25, -0.2) is 24.3 Å². The molecule has 1 aliphatic carbocycles. The summed E-state index contributed by atoms with van der Waals surface area (Å²) in [6, 6.07) is 12.9. The first kappa shape index (κ1) is 49.6. The predicted octanol–water partition coefficient (Wildman–Crippen LogP) is 4.66. The zero-order chi connectivity index (χ0) is 49.1. The molecule has 0 bridgehead atoms. The van der Waals surface area contributed by atoms with E-state index in [9.17, 15) is 18.8 Å². The lowest BCUT2D eigenvalue weighted by atomic mass is 10.0. The van der Waals surface area contributed by atoms with Gasteiger partial charge in [-0.1, -0.05) is 18.9 Å². The maximum atomic E-state index is 13.8. The molecule has 4 aliphatic rings. The summed E-state index contributed by atoms with van der Waals surface area (Å²) in [6.45, 7) is 15.2. The van der Waals surface area contributed by atoms with E-state index in [0.717, 1.165) is 134 Å². The Hall–Kier alpha value is -6.35. The van der Waals surface area contributed by atoms with E-state index < -0.39 is 0 Å². The average molecular weight is 975 g/mol. The highest BCUT2D eigenvalue weighted by Gasteiger charge is 2.27. The Kier molecular flexibility index (Phi) is 16.6. The zero-order valence-corrected chi connectivity index (χ0v) is 41.0. The highest BCUT2D eigenvalue weighted by molar-refractivity contribution is 5.99. The van der Waals surface area contributed by atoms with Crippen LogP contribution in [-0.2, 0) is 14.3 Å². The molecule has 71 heavy (non-hydrogen) atoms. The van der Waals surface area contributed by atoms with E-state index in [-0.39, 0.29) is 40.7 Å². The molecular weight excluding hydrogens is 908 g/mol. The molecule has 378 valence electrons. The minimum atomic E-state index is -0.280. The van der Waals surface area contributed by atoms with Gasteiger partial charge in [-0.2, -0.15) is 4.98 Å². The fraction of sp³-hybridized carbons (Fsp3) is 0.529. The topological polar surface area (TPSA) is 191 Å². The number of anilines is 6. The summed E-state index contributed by atoms with van der Waals surface area (Å²) in [5, 5.41) is 10.5. The Balaban J connectivity index is 0.614. The van der Waals surface area contributed by atoms with Crippen LogP contribution in [0.4, 0.5) is 39.2 Å². The van der Waals surface area contributed by atoms with Crippen molar-refractivity contribution in [2.45, 2.75) is 64.5 Å². The second-order valence-electron chi connectivity index (χ2n) is 19.0. The average Bonchev–Trinajstić information content (AvgIpc) is 3.91. The molecule has 5 aromatic rings. The van der Waals surface area contributed by atoms with Crippen LogP contribution in [0.3, 0.4) is 0 Å². The van der Waals surface area contributed by atoms with E-state index >= 15 is 0 Å². The number of amides is 1. The molecule has 1 aromatic carbocycles. The lowest BCUT2D eigenvalue weighted by Gasteiger charge is -2.36. The monoisotopic (exact) mass is 975 g/mol. The van der Waals surface area contributed by atoms with Crippen LogP contribution in [0.25, 0.3) is 11.0 Å².